The van der Waals surface area contributed by atoms with Crippen LogP contribution in [0.15, 0.2) is 16.6 Å². The van der Waals surface area contributed by atoms with Crippen LogP contribution in [0.5, 0.6) is 0 Å². The number of morpholine rings is 1. The first-order valence-corrected chi connectivity index (χ1v) is 10.9. The first-order valence-electron chi connectivity index (χ1n) is 9.91. The number of thioether (sulfide) groups is 1. The van der Waals surface area contributed by atoms with Gasteiger partial charge in [-0.2, -0.15) is 0 Å². The van der Waals surface area contributed by atoms with Crippen LogP contribution in [0, 0.1) is 0 Å². The topological polar surface area (TPSA) is 160 Å². The van der Waals surface area contributed by atoms with E-state index < -0.39 is 30.1 Å². The number of nitrogens with zero attached hydrogens (tertiary/aromatic N) is 7. The summed E-state index contributed by atoms with van der Waals surface area (Å²) in [4.78, 5) is 52.4. The molecule has 1 aromatic heterocycles. The van der Waals surface area contributed by atoms with Crippen molar-refractivity contribution in [3.05, 3.63) is 11.5 Å². The predicted octanol–water partition coefficient (Wildman–Crippen LogP) is -5.51. The summed E-state index contributed by atoms with van der Waals surface area (Å²) in [6.07, 6.45) is 0.0799. The molecule has 3 fully saturated rings. The molecule has 0 unspecified atom stereocenters. The van der Waals surface area contributed by atoms with Gasteiger partial charge in [-0.05, 0) is 10.4 Å². The van der Waals surface area contributed by atoms with E-state index in [-0.39, 0.29) is 67.2 Å². The van der Waals surface area contributed by atoms with E-state index >= 15 is 0 Å². The first kappa shape index (κ1) is 23.9. The van der Waals surface area contributed by atoms with Gasteiger partial charge < -0.3 is 25.8 Å². The van der Waals surface area contributed by atoms with Crippen molar-refractivity contribution >= 4 is 36.0 Å². The zero-order valence-corrected chi connectivity index (χ0v) is 20.5. The number of rotatable bonds is 7. The van der Waals surface area contributed by atoms with Gasteiger partial charge in [-0.1, -0.05) is 11.8 Å². The molecule has 16 heteroatoms. The Hall–Kier alpha value is -2.20. The predicted molar refractivity (Wildman–Crippen MR) is 104 cm³/mol. The number of aliphatic carboxylic acids is 1. The zero-order chi connectivity index (χ0) is 22.4. The monoisotopic (exact) mass is 489 g/mol. The molecule has 0 bridgehead atoms. The van der Waals surface area contributed by atoms with Gasteiger partial charge in [0.15, 0.2) is 5.70 Å². The average Bonchev–Trinajstić information content (AvgIpc) is 3.39. The van der Waals surface area contributed by atoms with Crippen molar-refractivity contribution in [2.45, 2.75) is 29.9 Å². The first-order chi connectivity index (χ1) is 15.5. The van der Waals surface area contributed by atoms with Crippen LogP contribution in [-0.4, -0.2) is 121 Å². The molecule has 0 saturated carbocycles. The fourth-order valence-electron chi connectivity index (χ4n) is 4.37. The molecule has 14 nitrogen and oxygen atoms in total. The zero-order valence-electron chi connectivity index (χ0n) is 18.7. The second kappa shape index (κ2) is 9.58. The number of ether oxygens (including phenoxy) is 2. The summed E-state index contributed by atoms with van der Waals surface area (Å²) < 4.78 is 12.5. The van der Waals surface area contributed by atoms with Crippen LogP contribution >= 0.6 is 11.8 Å². The van der Waals surface area contributed by atoms with Crippen LogP contribution in [0.4, 0.5) is 0 Å². The Morgan fingerprint density at radius 2 is 2.06 bits per heavy atom. The third kappa shape index (κ3) is 4.12. The van der Waals surface area contributed by atoms with Gasteiger partial charge in [-0.3, -0.25) is 19.3 Å². The van der Waals surface area contributed by atoms with Gasteiger partial charge >= 0.3 is 35.5 Å². The number of carbonyl (C=O) groups excluding carboxylic acids is 3. The Bertz CT molecular complexity index is 1020. The number of carboxylic acid groups (broad SMARTS) is 1. The number of carboxylic acids is 1. The van der Waals surface area contributed by atoms with Crippen LogP contribution < -0.4 is 29.6 Å². The molecule has 0 radical (unpaired) electrons. The van der Waals surface area contributed by atoms with Crippen LogP contribution in [0.2, 0.25) is 0 Å². The summed E-state index contributed by atoms with van der Waals surface area (Å²) in [5, 5.41) is 21.4. The van der Waals surface area contributed by atoms with Gasteiger partial charge in [-0.25, -0.2) is 9.48 Å². The summed E-state index contributed by atoms with van der Waals surface area (Å²) in [7, 11) is 0. The van der Waals surface area contributed by atoms with Crippen molar-refractivity contribution in [1.29, 1.82) is 0 Å². The Morgan fingerprint density at radius 3 is 2.76 bits per heavy atom. The number of aromatic nitrogens is 4. The molecule has 4 aliphatic heterocycles. The van der Waals surface area contributed by atoms with Crippen molar-refractivity contribution in [3.63, 3.8) is 0 Å². The molecule has 33 heavy (non-hydrogen) atoms. The quantitative estimate of drug-likeness (QED) is 0.168. The van der Waals surface area contributed by atoms with E-state index in [0.29, 0.717) is 37.9 Å². The Balaban J connectivity index is 0.00000162. The molecule has 0 aromatic carbocycles. The minimum absolute atomic E-state index is 0. The number of hydrogen-bond acceptors (Lipinski definition) is 10. The van der Waals surface area contributed by atoms with Gasteiger partial charge in [0, 0.05) is 13.1 Å². The standard InChI is InChI=1S/C17H19N7O7S.Na.H/c25-8-22-5-9-12-14(22)15(27)24(12)13(16(28)29)10(31-9)7-32-17-18-19-20-23(17)6-11(26)21-1-3-30-4-2-21;;/h8-9,12,14H,1-7H2,(H,28,29);;/q;+1;-1/t9-,12-,14+;;/m1../s1. The van der Waals surface area contributed by atoms with E-state index in [9.17, 15) is 24.3 Å². The number of β-lactam (4-membered cyclic amide) rings is 1. The maximum atomic E-state index is 12.5. The normalized spacial score (nSPS) is 25.8. The van der Waals surface area contributed by atoms with Crippen LogP contribution in [0.3, 0.4) is 0 Å². The van der Waals surface area contributed by atoms with E-state index in [0.717, 1.165) is 11.8 Å². The Morgan fingerprint density at radius 1 is 1.30 bits per heavy atom. The summed E-state index contributed by atoms with van der Waals surface area (Å²) in [6, 6.07) is -1.18. The van der Waals surface area contributed by atoms with Gasteiger partial charge in [0.05, 0.1) is 25.5 Å². The summed E-state index contributed by atoms with van der Waals surface area (Å²) in [6.45, 7) is 2.09. The van der Waals surface area contributed by atoms with Crippen molar-refractivity contribution in [2.24, 2.45) is 0 Å². The van der Waals surface area contributed by atoms with E-state index in [1.165, 1.54) is 14.5 Å². The second-order valence-corrected chi connectivity index (χ2v) is 8.52. The molecule has 0 spiro atoms. The molecule has 172 valence electrons. The van der Waals surface area contributed by atoms with Gasteiger partial charge in [0.1, 0.15) is 30.5 Å². The average molecular weight is 489 g/mol. The molecular formula is C17H20N7NaO7S. The molecule has 3 atom stereocenters. The van der Waals surface area contributed by atoms with Crippen LogP contribution in [0.25, 0.3) is 0 Å². The van der Waals surface area contributed by atoms with E-state index in [2.05, 4.69) is 15.5 Å². The Labute approximate surface area is 215 Å². The number of amides is 3. The molecule has 5 rings (SSSR count). The second-order valence-electron chi connectivity index (χ2n) is 7.58. The fraction of sp³-hybridized carbons (Fsp3) is 0.588. The molecule has 3 saturated heterocycles. The van der Waals surface area contributed by atoms with Gasteiger partial charge in [-0.15, -0.1) is 5.10 Å². The third-order valence-electron chi connectivity index (χ3n) is 5.86. The maximum absolute atomic E-state index is 12.5. The molecule has 5 heterocycles. The van der Waals surface area contributed by atoms with E-state index in [4.69, 9.17) is 9.47 Å². The Kier molecular flexibility index (Phi) is 6.95. The molecule has 3 amide bonds. The van der Waals surface area contributed by atoms with Gasteiger partial charge in [0.2, 0.25) is 17.5 Å². The van der Waals surface area contributed by atoms with Crippen molar-refractivity contribution in [2.75, 3.05) is 38.6 Å². The summed E-state index contributed by atoms with van der Waals surface area (Å²) in [5.41, 5.74) is -0.240. The fourth-order valence-corrected chi connectivity index (χ4v) is 5.18. The summed E-state index contributed by atoms with van der Waals surface area (Å²) in [5.74, 6) is -1.75. The number of likely N-dealkylation sites (tertiary alicyclic amines) is 1. The van der Waals surface area contributed by atoms with E-state index in [1.54, 1.807) is 4.90 Å². The van der Waals surface area contributed by atoms with Crippen LogP contribution in [0.1, 0.15) is 1.43 Å². The van der Waals surface area contributed by atoms with Crippen molar-refractivity contribution in [1.82, 2.24) is 34.9 Å². The number of hydrogen-bond donors (Lipinski definition) is 1. The third-order valence-corrected chi connectivity index (χ3v) is 6.82. The van der Waals surface area contributed by atoms with Crippen LogP contribution in [-0.2, 0) is 35.2 Å². The molecule has 0 aliphatic carbocycles. The van der Waals surface area contributed by atoms with E-state index in [1.807, 2.05) is 0 Å². The largest absolute Gasteiger partial charge is 1.00 e. The van der Waals surface area contributed by atoms with Crippen molar-refractivity contribution in [3.8, 4) is 0 Å². The molecular weight excluding hydrogens is 469 g/mol. The minimum Gasteiger partial charge on any atom is -1.00 e. The maximum Gasteiger partial charge on any atom is 1.00 e. The molecule has 1 aromatic rings. The summed E-state index contributed by atoms with van der Waals surface area (Å²) >= 11 is 1.10. The van der Waals surface area contributed by atoms with Gasteiger partial charge in [0.25, 0.3) is 5.91 Å². The smallest absolute Gasteiger partial charge is 1.00 e. The number of carbonyl (C=O) groups is 4. The molecule has 1 N–H and O–H groups in total. The minimum atomic E-state index is -1.29. The molecule has 4 aliphatic rings. The SMILES string of the molecule is O=CN1C[C@H]2OC(CSc3nnnn3CC(=O)N3CCOCC3)=C(C(=O)O)N3C(=O)[C@@H]1[C@@H]23.[H-].[Na+]. The number of tetrazole rings is 1. The van der Waals surface area contributed by atoms with Crippen molar-refractivity contribution < 1.29 is 64.7 Å².